The second kappa shape index (κ2) is 3.09. The number of benzene rings is 1. The number of hydrogen-bond acceptors (Lipinski definition) is 5. The fraction of sp³-hybridized carbons (Fsp3) is 0. The fourth-order valence-electron chi connectivity index (χ4n) is 1.34. The smallest absolute Gasteiger partial charge is 0.277 e. The van der Waals surface area contributed by atoms with Crippen molar-refractivity contribution in [2.45, 2.75) is 0 Å². The first-order chi connectivity index (χ1) is 7.16. The molecule has 0 fully saturated rings. The number of rotatable bonds is 3. The molecule has 0 aliphatic heterocycles. The SMILES string of the molecule is O=Nc1c(-c2ccccc2[N+](=O)[O-])c1=O. The molecule has 0 aliphatic rings. The van der Waals surface area contributed by atoms with Crippen molar-refractivity contribution in [3.05, 3.63) is 49.5 Å². The molecule has 15 heavy (non-hydrogen) atoms. The van der Waals surface area contributed by atoms with Gasteiger partial charge in [-0.25, -0.2) is 0 Å². The molecule has 0 radical (unpaired) electrons. The van der Waals surface area contributed by atoms with E-state index < -0.39 is 10.4 Å². The molecule has 6 nitrogen and oxygen atoms in total. The van der Waals surface area contributed by atoms with E-state index in [0.29, 0.717) is 0 Å². The molecule has 0 heterocycles. The van der Waals surface area contributed by atoms with E-state index in [1.807, 2.05) is 0 Å². The maximum atomic E-state index is 11.0. The molecule has 0 saturated carbocycles. The molecule has 2 aromatic rings. The topological polar surface area (TPSA) is 89.6 Å². The molecule has 74 valence electrons. The second-order valence-electron chi connectivity index (χ2n) is 2.92. The van der Waals surface area contributed by atoms with Gasteiger partial charge in [0.05, 0.1) is 16.1 Å². The van der Waals surface area contributed by atoms with E-state index in [1.54, 1.807) is 6.07 Å². The Bertz CT molecular complexity index is 566. The number of hydrogen-bond donors (Lipinski definition) is 0. The largest absolute Gasteiger partial charge is 0.287 e. The van der Waals surface area contributed by atoms with Crippen LogP contribution in [-0.4, -0.2) is 4.92 Å². The summed E-state index contributed by atoms with van der Waals surface area (Å²) in [6.07, 6.45) is 0. The van der Waals surface area contributed by atoms with Crippen molar-refractivity contribution in [2.24, 2.45) is 5.18 Å². The van der Waals surface area contributed by atoms with Crippen LogP contribution >= 0.6 is 0 Å². The van der Waals surface area contributed by atoms with Crippen LogP contribution in [-0.2, 0) is 0 Å². The first-order valence-corrected chi connectivity index (χ1v) is 4.03. The zero-order valence-electron chi connectivity index (χ0n) is 7.34. The van der Waals surface area contributed by atoms with E-state index in [-0.39, 0.29) is 22.5 Å². The Labute approximate surface area is 83.0 Å². The summed E-state index contributed by atoms with van der Waals surface area (Å²) in [5, 5.41) is 13.1. The number of nitro groups is 1. The monoisotopic (exact) mass is 204 g/mol. The summed E-state index contributed by atoms with van der Waals surface area (Å²) in [4.78, 5) is 31.2. The molecule has 0 bridgehead atoms. The Balaban J connectivity index is 2.59. The predicted molar refractivity (Wildman–Crippen MR) is 52.6 cm³/mol. The standard InChI is InChI=1S/C9H4N2O4/c12-9-7(8(9)10-13)5-3-1-2-4-6(5)11(14)15/h1-4H. The average Bonchev–Trinajstić information content (AvgIpc) is 2.89. The maximum Gasteiger partial charge on any atom is 0.277 e. The summed E-state index contributed by atoms with van der Waals surface area (Å²) in [6, 6.07) is 5.74. The highest BCUT2D eigenvalue weighted by Crippen LogP contribution is 2.37. The van der Waals surface area contributed by atoms with Crippen LogP contribution in [0.3, 0.4) is 0 Å². The maximum absolute atomic E-state index is 11.0. The van der Waals surface area contributed by atoms with E-state index in [0.717, 1.165) is 0 Å². The first-order valence-electron chi connectivity index (χ1n) is 4.03. The van der Waals surface area contributed by atoms with Crippen molar-refractivity contribution in [1.29, 1.82) is 0 Å². The fourth-order valence-corrected chi connectivity index (χ4v) is 1.34. The molecule has 2 rings (SSSR count). The Morgan fingerprint density at radius 2 is 1.93 bits per heavy atom. The van der Waals surface area contributed by atoms with Gasteiger partial charge in [-0.2, -0.15) is 0 Å². The summed E-state index contributed by atoms with van der Waals surface area (Å²) in [6.45, 7) is 0. The van der Waals surface area contributed by atoms with Crippen LogP contribution in [0.25, 0.3) is 11.1 Å². The van der Waals surface area contributed by atoms with Crippen LogP contribution in [0.5, 0.6) is 0 Å². The van der Waals surface area contributed by atoms with Gasteiger partial charge < -0.3 is 0 Å². The molecule has 0 N–H and O–H groups in total. The molecular weight excluding hydrogens is 200 g/mol. The zero-order chi connectivity index (χ0) is 11.0. The lowest BCUT2D eigenvalue weighted by Crippen LogP contribution is -1.90. The lowest BCUT2D eigenvalue weighted by molar-refractivity contribution is -0.384. The molecule has 0 aliphatic carbocycles. The molecule has 0 aromatic heterocycles. The van der Waals surface area contributed by atoms with E-state index >= 15 is 0 Å². The molecule has 0 amide bonds. The number of nitroso groups, excluding NO2 is 1. The van der Waals surface area contributed by atoms with E-state index in [2.05, 4.69) is 5.18 Å². The minimum atomic E-state index is -0.601. The van der Waals surface area contributed by atoms with Crippen molar-refractivity contribution >= 4 is 11.4 Å². The second-order valence-corrected chi connectivity index (χ2v) is 2.92. The van der Waals surface area contributed by atoms with E-state index in [4.69, 9.17) is 0 Å². The Morgan fingerprint density at radius 1 is 1.27 bits per heavy atom. The van der Waals surface area contributed by atoms with E-state index in [9.17, 15) is 19.8 Å². The van der Waals surface area contributed by atoms with Crippen LogP contribution in [0.1, 0.15) is 0 Å². The van der Waals surface area contributed by atoms with Crippen molar-refractivity contribution in [1.82, 2.24) is 0 Å². The highest BCUT2D eigenvalue weighted by molar-refractivity contribution is 5.91. The third-order valence-electron chi connectivity index (χ3n) is 2.08. The third kappa shape index (κ3) is 1.32. The van der Waals surface area contributed by atoms with Crippen molar-refractivity contribution in [3.8, 4) is 11.1 Å². The summed E-state index contributed by atoms with van der Waals surface area (Å²) >= 11 is 0. The highest BCUT2D eigenvalue weighted by atomic mass is 16.6. The van der Waals surface area contributed by atoms with Crippen molar-refractivity contribution in [3.63, 3.8) is 0 Å². The zero-order valence-corrected chi connectivity index (χ0v) is 7.34. The summed E-state index contributed by atoms with van der Waals surface area (Å²) in [5.41, 5.74) is -0.720. The van der Waals surface area contributed by atoms with Gasteiger partial charge in [0.2, 0.25) is 5.43 Å². The average molecular weight is 204 g/mol. The van der Waals surface area contributed by atoms with Gasteiger partial charge in [0.25, 0.3) is 5.69 Å². The predicted octanol–water partition coefficient (Wildman–Crippen LogP) is 1.90. The van der Waals surface area contributed by atoms with Crippen LogP contribution in [0, 0.1) is 15.0 Å². The van der Waals surface area contributed by atoms with Gasteiger partial charge in [0.15, 0.2) is 5.69 Å². The van der Waals surface area contributed by atoms with Gasteiger partial charge in [-0.1, -0.05) is 12.1 Å². The first kappa shape index (κ1) is 9.20. The number of para-hydroxylation sites is 1. The van der Waals surface area contributed by atoms with Crippen LogP contribution < -0.4 is 5.43 Å². The highest BCUT2D eigenvalue weighted by Gasteiger charge is 2.30. The van der Waals surface area contributed by atoms with Gasteiger partial charge in [-0.15, -0.1) is 4.91 Å². The Kier molecular flexibility index (Phi) is 1.89. The van der Waals surface area contributed by atoms with E-state index in [1.165, 1.54) is 18.2 Å². The number of nitrogens with zero attached hydrogens (tertiary/aromatic N) is 2. The van der Waals surface area contributed by atoms with Gasteiger partial charge in [-0.3, -0.25) is 14.9 Å². The molecule has 0 unspecified atom stereocenters. The van der Waals surface area contributed by atoms with Crippen molar-refractivity contribution < 1.29 is 4.92 Å². The molecular formula is C9H4N2O4. The Morgan fingerprint density at radius 3 is 2.47 bits per heavy atom. The quantitative estimate of drug-likeness (QED) is 0.433. The molecule has 6 heteroatoms. The third-order valence-corrected chi connectivity index (χ3v) is 2.08. The minimum absolute atomic E-state index is 0.0531. The molecule has 0 saturated heterocycles. The summed E-state index contributed by atoms with van der Waals surface area (Å²) < 4.78 is 0. The molecule has 0 spiro atoms. The Hall–Kier alpha value is -2.37. The normalized spacial score (nSPS) is 10.4. The molecule has 2 aromatic carbocycles. The van der Waals surface area contributed by atoms with Gasteiger partial charge in [-0.05, 0) is 11.2 Å². The lowest BCUT2D eigenvalue weighted by atomic mass is 10.1. The lowest BCUT2D eigenvalue weighted by Gasteiger charge is -1.94. The van der Waals surface area contributed by atoms with Gasteiger partial charge in [0, 0.05) is 6.07 Å². The van der Waals surface area contributed by atoms with Crippen LogP contribution in [0.4, 0.5) is 11.4 Å². The van der Waals surface area contributed by atoms with Gasteiger partial charge in [0.1, 0.15) is 0 Å². The van der Waals surface area contributed by atoms with Crippen LogP contribution in [0.2, 0.25) is 0 Å². The minimum Gasteiger partial charge on any atom is -0.287 e. The summed E-state index contributed by atoms with van der Waals surface area (Å²) in [5.74, 6) is 0. The van der Waals surface area contributed by atoms with Crippen molar-refractivity contribution in [2.75, 3.05) is 0 Å². The number of nitro benzene ring substituents is 1. The van der Waals surface area contributed by atoms with Crippen LogP contribution in [0.15, 0.2) is 34.2 Å². The molecule has 0 atom stereocenters. The van der Waals surface area contributed by atoms with Gasteiger partial charge >= 0.3 is 0 Å². The summed E-state index contributed by atoms with van der Waals surface area (Å²) in [7, 11) is 0.